The zero-order valence-corrected chi connectivity index (χ0v) is 12.9. The quantitative estimate of drug-likeness (QED) is 0.301. The molecule has 0 bridgehead atoms. The third-order valence-corrected chi connectivity index (χ3v) is 3.08. The molecule has 0 aliphatic rings. The smallest absolute Gasteiger partial charge is 0.313 e. The largest absolute Gasteiger partial charge is 0.466 e. The summed E-state index contributed by atoms with van der Waals surface area (Å²) in [4.78, 5) is 55.5. The fourth-order valence-electron chi connectivity index (χ4n) is 2.12. The highest BCUT2D eigenvalue weighted by Gasteiger charge is 2.34. The van der Waals surface area contributed by atoms with Crippen LogP contribution >= 0.6 is 0 Å². The van der Waals surface area contributed by atoms with E-state index in [4.69, 9.17) is 0 Å². The molecule has 0 saturated heterocycles. The highest BCUT2D eigenvalue weighted by Crippen LogP contribution is 2.32. The molecule has 1 aromatic carbocycles. The SMILES string of the molecule is CCOC(=O)CC(=O)C(C(C)=O)c1ccc([N+](=O)[O-])cc1[N+](=O)[O-]. The van der Waals surface area contributed by atoms with Crippen molar-refractivity contribution in [1.29, 1.82) is 0 Å². The predicted molar refractivity (Wildman–Crippen MR) is 79.4 cm³/mol. The Hall–Kier alpha value is -3.17. The van der Waals surface area contributed by atoms with Crippen molar-refractivity contribution in [2.24, 2.45) is 0 Å². The third-order valence-electron chi connectivity index (χ3n) is 3.08. The number of carbonyl (C=O) groups excluding carboxylic acids is 3. The summed E-state index contributed by atoms with van der Waals surface area (Å²) in [7, 11) is 0. The van der Waals surface area contributed by atoms with Gasteiger partial charge in [-0.05, 0) is 19.9 Å². The minimum Gasteiger partial charge on any atom is -0.466 e. The number of non-ortho nitro benzene ring substituents is 1. The van der Waals surface area contributed by atoms with Crippen LogP contribution in [0, 0.1) is 20.2 Å². The van der Waals surface area contributed by atoms with E-state index < -0.39 is 51.1 Å². The minimum atomic E-state index is -1.57. The van der Waals surface area contributed by atoms with Crippen molar-refractivity contribution in [3.63, 3.8) is 0 Å². The van der Waals surface area contributed by atoms with Gasteiger partial charge < -0.3 is 4.74 Å². The molecular weight excluding hydrogens is 324 g/mol. The average Bonchev–Trinajstić information content (AvgIpc) is 2.46. The molecule has 128 valence electrons. The first-order chi connectivity index (χ1) is 11.2. The number of Topliss-reactive ketones (excluding diaryl/α,β-unsaturated/α-hetero) is 2. The zero-order chi connectivity index (χ0) is 18.4. The number of esters is 1. The zero-order valence-electron chi connectivity index (χ0n) is 12.9. The maximum absolute atomic E-state index is 12.2. The van der Waals surface area contributed by atoms with Crippen LogP contribution in [0.3, 0.4) is 0 Å². The molecule has 0 amide bonds. The molecule has 10 nitrogen and oxygen atoms in total. The number of nitro benzene ring substituents is 2. The second-order valence-electron chi connectivity index (χ2n) is 4.75. The summed E-state index contributed by atoms with van der Waals surface area (Å²) in [6.07, 6.45) is -0.730. The molecule has 0 aliphatic heterocycles. The molecule has 0 N–H and O–H groups in total. The van der Waals surface area contributed by atoms with Crippen LogP contribution in [0.4, 0.5) is 11.4 Å². The van der Waals surface area contributed by atoms with Gasteiger partial charge in [0.25, 0.3) is 11.4 Å². The molecule has 1 rings (SSSR count). The second kappa shape index (κ2) is 7.90. The van der Waals surface area contributed by atoms with Crippen molar-refractivity contribution in [3.8, 4) is 0 Å². The molecule has 0 aromatic heterocycles. The lowest BCUT2D eigenvalue weighted by Gasteiger charge is -2.13. The summed E-state index contributed by atoms with van der Waals surface area (Å²) in [5.74, 6) is -4.03. The minimum absolute atomic E-state index is 0.0362. The molecule has 0 radical (unpaired) electrons. The van der Waals surface area contributed by atoms with E-state index in [-0.39, 0.29) is 12.2 Å². The van der Waals surface area contributed by atoms with E-state index >= 15 is 0 Å². The number of nitrogens with zero attached hydrogens (tertiary/aromatic N) is 2. The van der Waals surface area contributed by atoms with Gasteiger partial charge in [0.15, 0.2) is 5.78 Å². The van der Waals surface area contributed by atoms with Gasteiger partial charge in [-0.15, -0.1) is 0 Å². The first-order valence-corrected chi connectivity index (χ1v) is 6.80. The Balaban J connectivity index is 3.33. The highest BCUT2D eigenvalue weighted by atomic mass is 16.6. The number of hydrogen-bond acceptors (Lipinski definition) is 8. The fraction of sp³-hybridized carbons (Fsp3) is 0.357. The lowest BCUT2D eigenvalue weighted by Crippen LogP contribution is -2.24. The normalized spacial score (nSPS) is 11.4. The van der Waals surface area contributed by atoms with Crippen molar-refractivity contribution < 1.29 is 29.0 Å². The van der Waals surface area contributed by atoms with Crippen LogP contribution in [0.15, 0.2) is 18.2 Å². The lowest BCUT2D eigenvalue weighted by molar-refractivity contribution is -0.394. The van der Waals surface area contributed by atoms with Crippen molar-refractivity contribution in [2.75, 3.05) is 6.61 Å². The van der Waals surface area contributed by atoms with Crippen LogP contribution in [0.1, 0.15) is 31.7 Å². The number of hydrogen-bond donors (Lipinski definition) is 0. The Kier molecular flexibility index (Phi) is 6.22. The van der Waals surface area contributed by atoms with Gasteiger partial charge in [0.1, 0.15) is 18.1 Å². The number of rotatable bonds is 8. The predicted octanol–water partition coefficient (Wildman–Crippen LogP) is 1.70. The van der Waals surface area contributed by atoms with Crippen LogP contribution in [-0.2, 0) is 19.1 Å². The van der Waals surface area contributed by atoms with E-state index in [1.807, 2.05) is 0 Å². The van der Waals surface area contributed by atoms with Crippen molar-refractivity contribution >= 4 is 28.9 Å². The van der Waals surface area contributed by atoms with Gasteiger partial charge in [-0.25, -0.2) is 0 Å². The molecule has 24 heavy (non-hydrogen) atoms. The van der Waals surface area contributed by atoms with Gasteiger partial charge in [-0.1, -0.05) is 0 Å². The summed E-state index contributed by atoms with van der Waals surface area (Å²) in [6, 6.07) is 2.60. The van der Waals surface area contributed by atoms with E-state index in [9.17, 15) is 34.6 Å². The first kappa shape index (κ1) is 18.9. The topological polar surface area (TPSA) is 147 Å². The Bertz CT molecular complexity index is 713. The highest BCUT2D eigenvalue weighted by molar-refractivity contribution is 6.12. The van der Waals surface area contributed by atoms with Crippen LogP contribution in [0.5, 0.6) is 0 Å². The molecule has 1 atom stereocenters. The number of benzene rings is 1. The van der Waals surface area contributed by atoms with Crippen LogP contribution in [0.25, 0.3) is 0 Å². The Morgan fingerprint density at radius 3 is 2.25 bits per heavy atom. The van der Waals surface area contributed by atoms with Gasteiger partial charge in [0.2, 0.25) is 0 Å². The standard InChI is InChI=1S/C14H14N2O8/c1-3-24-13(19)7-12(18)14(8(2)17)10-5-4-9(15(20)21)6-11(10)16(22)23/h4-6,14H,3,7H2,1-2H3. The van der Waals surface area contributed by atoms with Crippen LogP contribution < -0.4 is 0 Å². The molecule has 0 spiro atoms. The molecule has 0 aliphatic carbocycles. The molecule has 1 aromatic rings. The van der Waals surface area contributed by atoms with Gasteiger partial charge in [0.05, 0.1) is 22.5 Å². The summed E-state index contributed by atoms with van der Waals surface area (Å²) >= 11 is 0. The molecule has 1 unspecified atom stereocenters. The van der Waals surface area contributed by atoms with Crippen molar-refractivity contribution in [1.82, 2.24) is 0 Å². The molecule has 0 saturated carbocycles. The third kappa shape index (κ3) is 4.41. The lowest BCUT2D eigenvalue weighted by atomic mass is 9.88. The maximum Gasteiger partial charge on any atom is 0.313 e. The molecular formula is C14H14N2O8. The molecule has 0 fully saturated rings. The van der Waals surface area contributed by atoms with E-state index in [1.54, 1.807) is 0 Å². The Morgan fingerprint density at radius 1 is 1.17 bits per heavy atom. The fourth-order valence-corrected chi connectivity index (χ4v) is 2.12. The number of nitro groups is 2. The average molecular weight is 338 g/mol. The van der Waals surface area contributed by atoms with Gasteiger partial charge >= 0.3 is 5.97 Å². The summed E-state index contributed by atoms with van der Waals surface area (Å²) < 4.78 is 4.61. The number of ether oxygens (including phenoxy) is 1. The molecule has 10 heteroatoms. The van der Waals surface area contributed by atoms with Gasteiger partial charge in [-0.3, -0.25) is 34.6 Å². The van der Waals surface area contributed by atoms with E-state index in [0.29, 0.717) is 6.07 Å². The Morgan fingerprint density at radius 2 is 1.79 bits per heavy atom. The monoisotopic (exact) mass is 338 g/mol. The van der Waals surface area contributed by atoms with Crippen molar-refractivity contribution in [2.45, 2.75) is 26.2 Å². The number of ketones is 2. The Labute approximate surface area is 135 Å². The van der Waals surface area contributed by atoms with E-state index in [0.717, 1.165) is 19.1 Å². The van der Waals surface area contributed by atoms with Crippen LogP contribution in [-0.4, -0.2) is 34.0 Å². The van der Waals surface area contributed by atoms with E-state index in [2.05, 4.69) is 4.74 Å². The van der Waals surface area contributed by atoms with Crippen LogP contribution in [0.2, 0.25) is 0 Å². The molecule has 0 heterocycles. The van der Waals surface area contributed by atoms with E-state index in [1.165, 1.54) is 6.92 Å². The number of carbonyl (C=O) groups is 3. The van der Waals surface area contributed by atoms with Crippen molar-refractivity contribution in [3.05, 3.63) is 44.0 Å². The van der Waals surface area contributed by atoms with Gasteiger partial charge in [0, 0.05) is 11.6 Å². The first-order valence-electron chi connectivity index (χ1n) is 6.80. The van der Waals surface area contributed by atoms with Gasteiger partial charge in [-0.2, -0.15) is 0 Å². The summed E-state index contributed by atoms with van der Waals surface area (Å²) in [5.41, 5.74) is -1.58. The maximum atomic E-state index is 12.2. The summed E-state index contributed by atoms with van der Waals surface area (Å²) in [6.45, 7) is 2.61. The second-order valence-corrected chi connectivity index (χ2v) is 4.75. The summed E-state index contributed by atoms with van der Waals surface area (Å²) in [5, 5.41) is 21.9.